The van der Waals surface area contributed by atoms with Gasteiger partial charge in [-0.05, 0) is 30.0 Å². The van der Waals surface area contributed by atoms with Crippen molar-refractivity contribution >= 4 is 10.8 Å². The standard InChI is InChI=1S/C16H18N2O/c1-3-10-18-15(11-17)13-8-9-16(19-2)14-7-5-4-6-12(13)14/h4-9,15,18H,3,10H2,1-2H3. The van der Waals surface area contributed by atoms with Crippen molar-refractivity contribution in [1.29, 1.82) is 5.26 Å². The van der Waals surface area contributed by atoms with Crippen LogP contribution in [0.4, 0.5) is 0 Å². The highest BCUT2D eigenvalue weighted by Gasteiger charge is 2.14. The van der Waals surface area contributed by atoms with E-state index >= 15 is 0 Å². The van der Waals surface area contributed by atoms with Crippen molar-refractivity contribution in [2.45, 2.75) is 19.4 Å². The number of nitriles is 1. The first-order valence-corrected chi connectivity index (χ1v) is 6.50. The number of rotatable bonds is 5. The number of hydrogen-bond donors (Lipinski definition) is 1. The lowest BCUT2D eigenvalue weighted by Gasteiger charge is -2.15. The number of benzene rings is 2. The summed E-state index contributed by atoms with van der Waals surface area (Å²) in [5, 5.41) is 14.7. The SMILES string of the molecule is CCCNC(C#N)c1ccc(OC)c2ccccc12. The molecule has 0 heterocycles. The molecule has 2 aromatic carbocycles. The summed E-state index contributed by atoms with van der Waals surface area (Å²) in [5.74, 6) is 0.839. The number of methoxy groups -OCH3 is 1. The molecule has 0 amide bonds. The molecule has 0 saturated heterocycles. The van der Waals surface area contributed by atoms with Gasteiger partial charge < -0.3 is 4.74 Å². The van der Waals surface area contributed by atoms with Gasteiger partial charge in [-0.25, -0.2) is 0 Å². The summed E-state index contributed by atoms with van der Waals surface area (Å²) in [6.07, 6.45) is 1.01. The third-order valence-corrected chi connectivity index (χ3v) is 3.18. The van der Waals surface area contributed by atoms with E-state index in [1.54, 1.807) is 7.11 Å². The highest BCUT2D eigenvalue weighted by atomic mass is 16.5. The van der Waals surface area contributed by atoms with E-state index < -0.39 is 0 Å². The highest BCUT2D eigenvalue weighted by Crippen LogP contribution is 2.31. The Morgan fingerprint density at radius 2 is 1.95 bits per heavy atom. The summed E-state index contributed by atoms with van der Waals surface area (Å²) < 4.78 is 5.37. The minimum atomic E-state index is -0.282. The van der Waals surface area contributed by atoms with E-state index in [-0.39, 0.29) is 6.04 Å². The second kappa shape index (κ2) is 6.21. The smallest absolute Gasteiger partial charge is 0.126 e. The van der Waals surface area contributed by atoms with Gasteiger partial charge in [-0.15, -0.1) is 0 Å². The molecule has 2 aromatic rings. The summed E-state index contributed by atoms with van der Waals surface area (Å²) in [4.78, 5) is 0. The minimum absolute atomic E-state index is 0.282. The zero-order valence-electron chi connectivity index (χ0n) is 11.3. The van der Waals surface area contributed by atoms with Gasteiger partial charge in [0.25, 0.3) is 0 Å². The maximum atomic E-state index is 9.35. The van der Waals surface area contributed by atoms with Gasteiger partial charge in [0.1, 0.15) is 11.8 Å². The van der Waals surface area contributed by atoms with Crippen molar-refractivity contribution in [2.75, 3.05) is 13.7 Å². The van der Waals surface area contributed by atoms with Crippen LogP contribution in [0.5, 0.6) is 5.75 Å². The highest BCUT2D eigenvalue weighted by molar-refractivity contribution is 5.91. The lowest BCUT2D eigenvalue weighted by molar-refractivity contribution is 0.419. The minimum Gasteiger partial charge on any atom is -0.496 e. The Morgan fingerprint density at radius 1 is 1.21 bits per heavy atom. The van der Waals surface area contributed by atoms with Gasteiger partial charge >= 0.3 is 0 Å². The lowest BCUT2D eigenvalue weighted by Crippen LogP contribution is -2.20. The van der Waals surface area contributed by atoms with Crippen LogP contribution in [0.3, 0.4) is 0 Å². The topological polar surface area (TPSA) is 45.0 Å². The monoisotopic (exact) mass is 254 g/mol. The Morgan fingerprint density at radius 3 is 2.58 bits per heavy atom. The maximum absolute atomic E-state index is 9.35. The van der Waals surface area contributed by atoms with Gasteiger partial charge in [0, 0.05) is 5.39 Å². The molecule has 2 rings (SSSR count). The van der Waals surface area contributed by atoms with Crippen LogP contribution in [0, 0.1) is 11.3 Å². The maximum Gasteiger partial charge on any atom is 0.126 e. The summed E-state index contributed by atoms with van der Waals surface area (Å²) in [7, 11) is 1.67. The molecule has 1 unspecified atom stereocenters. The van der Waals surface area contributed by atoms with Crippen LogP contribution in [-0.4, -0.2) is 13.7 Å². The van der Waals surface area contributed by atoms with Crippen LogP contribution in [0.25, 0.3) is 10.8 Å². The van der Waals surface area contributed by atoms with Crippen molar-refractivity contribution in [2.24, 2.45) is 0 Å². The van der Waals surface area contributed by atoms with E-state index in [4.69, 9.17) is 4.74 Å². The molecule has 0 aliphatic heterocycles. The van der Waals surface area contributed by atoms with E-state index in [9.17, 15) is 5.26 Å². The largest absolute Gasteiger partial charge is 0.496 e. The molecular formula is C16H18N2O. The van der Waals surface area contributed by atoms with E-state index in [1.165, 1.54) is 0 Å². The third kappa shape index (κ3) is 2.69. The van der Waals surface area contributed by atoms with Crippen LogP contribution in [0.15, 0.2) is 36.4 Å². The van der Waals surface area contributed by atoms with Gasteiger partial charge in [0.15, 0.2) is 0 Å². The predicted octanol–water partition coefficient (Wildman–Crippen LogP) is 3.41. The Labute approximate surface area is 113 Å². The molecule has 0 aliphatic carbocycles. The second-order valence-electron chi connectivity index (χ2n) is 4.42. The first-order chi connectivity index (χ1) is 9.31. The van der Waals surface area contributed by atoms with Gasteiger partial charge in [0.05, 0.1) is 13.2 Å². The molecule has 0 spiro atoms. The molecule has 0 radical (unpaired) electrons. The average Bonchev–Trinajstić information content (AvgIpc) is 2.48. The van der Waals surface area contributed by atoms with E-state index in [0.717, 1.165) is 35.1 Å². The average molecular weight is 254 g/mol. The number of ether oxygens (including phenoxy) is 1. The Bertz CT molecular complexity index is 601. The second-order valence-corrected chi connectivity index (χ2v) is 4.42. The fraction of sp³-hybridized carbons (Fsp3) is 0.312. The molecule has 0 aromatic heterocycles. The van der Waals surface area contributed by atoms with E-state index in [1.807, 2.05) is 36.4 Å². The van der Waals surface area contributed by atoms with Crippen LogP contribution < -0.4 is 10.1 Å². The zero-order valence-corrected chi connectivity index (χ0v) is 11.3. The van der Waals surface area contributed by atoms with Crippen molar-refractivity contribution in [1.82, 2.24) is 5.32 Å². The number of fused-ring (bicyclic) bond motifs is 1. The Hall–Kier alpha value is -2.05. The molecule has 19 heavy (non-hydrogen) atoms. The number of nitrogens with one attached hydrogen (secondary N) is 1. The van der Waals surface area contributed by atoms with Crippen LogP contribution in [0.1, 0.15) is 24.9 Å². The fourth-order valence-electron chi connectivity index (χ4n) is 2.24. The van der Waals surface area contributed by atoms with Crippen LogP contribution >= 0.6 is 0 Å². The van der Waals surface area contributed by atoms with Gasteiger partial charge in [0.2, 0.25) is 0 Å². The summed E-state index contributed by atoms with van der Waals surface area (Å²) in [5.41, 5.74) is 1.01. The van der Waals surface area contributed by atoms with Crippen molar-refractivity contribution in [3.8, 4) is 11.8 Å². The number of nitrogens with zero attached hydrogens (tertiary/aromatic N) is 1. The van der Waals surface area contributed by atoms with E-state index in [2.05, 4.69) is 18.3 Å². The summed E-state index contributed by atoms with van der Waals surface area (Å²) >= 11 is 0. The Balaban J connectivity index is 2.52. The number of hydrogen-bond acceptors (Lipinski definition) is 3. The Kier molecular flexibility index (Phi) is 4.38. The van der Waals surface area contributed by atoms with Crippen molar-refractivity contribution in [3.63, 3.8) is 0 Å². The molecule has 3 nitrogen and oxygen atoms in total. The summed E-state index contributed by atoms with van der Waals surface area (Å²) in [6, 6.07) is 14.0. The fourth-order valence-corrected chi connectivity index (χ4v) is 2.24. The van der Waals surface area contributed by atoms with Crippen LogP contribution in [0.2, 0.25) is 0 Å². The molecular weight excluding hydrogens is 236 g/mol. The normalized spacial score (nSPS) is 12.1. The van der Waals surface area contributed by atoms with Crippen molar-refractivity contribution in [3.05, 3.63) is 42.0 Å². The third-order valence-electron chi connectivity index (χ3n) is 3.18. The molecule has 0 saturated carbocycles. The quantitative estimate of drug-likeness (QED) is 0.889. The predicted molar refractivity (Wildman–Crippen MR) is 77.1 cm³/mol. The van der Waals surface area contributed by atoms with Crippen LogP contribution in [-0.2, 0) is 0 Å². The molecule has 98 valence electrons. The summed E-state index contributed by atoms with van der Waals surface area (Å²) in [6.45, 7) is 2.92. The van der Waals surface area contributed by atoms with Crippen molar-refractivity contribution < 1.29 is 4.74 Å². The first-order valence-electron chi connectivity index (χ1n) is 6.50. The lowest BCUT2D eigenvalue weighted by atomic mass is 9.98. The molecule has 0 bridgehead atoms. The molecule has 1 N–H and O–H groups in total. The molecule has 0 aliphatic rings. The first kappa shape index (κ1) is 13.4. The van der Waals surface area contributed by atoms with E-state index in [0.29, 0.717) is 0 Å². The van der Waals surface area contributed by atoms with Gasteiger partial charge in [-0.3, -0.25) is 5.32 Å². The zero-order chi connectivity index (χ0) is 13.7. The molecule has 1 atom stereocenters. The molecule has 0 fully saturated rings. The van der Waals surface area contributed by atoms with Gasteiger partial charge in [-0.2, -0.15) is 5.26 Å². The van der Waals surface area contributed by atoms with Gasteiger partial charge in [-0.1, -0.05) is 37.3 Å². The molecule has 3 heteroatoms.